The first-order valence-corrected chi connectivity index (χ1v) is 6.98. The van der Waals surface area contributed by atoms with Gasteiger partial charge in [-0.2, -0.15) is 0 Å². The summed E-state index contributed by atoms with van der Waals surface area (Å²) in [4.78, 5) is 4.35. The van der Waals surface area contributed by atoms with Crippen LogP contribution < -0.4 is 4.74 Å². The molecule has 1 N–H and O–H groups in total. The molecule has 0 saturated heterocycles. The Morgan fingerprint density at radius 1 is 1.44 bits per heavy atom. The highest BCUT2D eigenvalue weighted by molar-refractivity contribution is 7.09. The van der Waals surface area contributed by atoms with Crippen LogP contribution in [-0.2, 0) is 6.42 Å². The van der Waals surface area contributed by atoms with Gasteiger partial charge in [0.15, 0.2) is 0 Å². The second-order valence-electron chi connectivity index (χ2n) is 4.52. The molecule has 1 aromatic heterocycles. The summed E-state index contributed by atoms with van der Waals surface area (Å²) in [7, 11) is 0. The summed E-state index contributed by atoms with van der Waals surface area (Å²) in [5.41, 5.74) is 2.97. The number of ether oxygens (including phenoxy) is 1. The third-order valence-corrected chi connectivity index (χ3v) is 4.14. The summed E-state index contributed by atoms with van der Waals surface area (Å²) in [6, 6.07) is 5.97. The van der Waals surface area contributed by atoms with Gasteiger partial charge in [0.05, 0.1) is 6.61 Å². The first kappa shape index (κ1) is 11.7. The molecule has 0 bridgehead atoms. The van der Waals surface area contributed by atoms with Crippen molar-refractivity contribution in [2.24, 2.45) is 0 Å². The number of aryl methyl sites for hydroxylation is 2. The Bertz CT molecular complexity index is 565. The zero-order chi connectivity index (χ0) is 12.5. The highest BCUT2D eigenvalue weighted by Crippen LogP contribution is 2.36. The van der Waals surface area contributed by atoms with Gasteiger partial charge in [-0.3, -0.25) is 0 Å². The highest BCUT2D eigenvalue weighted by Gasteiger charge is 2.22. The zero-order valence-electron chi connectivity index (χ0n) is 10.2. The Hall–Kier alpha value is -1.39. The fraction of sp³-hybridized carbons (Fsp3) is 0.357. The first-order chi connectivity index (χ1) is 8.75. The predicted molar refractivity (Wildman–Crippen MR) is 71.2 cm³/mol. The van der Waals surface area contributed by atoms with E-state index < -0.39 is 6.10 Å². The van der Waals surface area contributed by atoms with Crippen molar-refractivity contribution in [3.8, 4) is 5.75 Å². The Kier molecular flexibility index (Phi) is 3.06. The Balaban J connectivity index is 2.01. The minimum Gasteiger partial charge on any atom is -0.493 e. The molecular formula is C14H15NO2S. The number of rotatable bonds is 2. The van der Waals surface area contributed by atoms with Gasteiger partial charge in [-0.1, -0.05) is 18.2 Å². The van der Waals surface area contributed by atoms with E-state index in [2.05, 4.69) is 11.1 Å². The average molecular weight is 261 g/mol. The van der Waals surface area contributed by atoms with Crippen LogP contribution >= 0.6 is 11.3 Å². The lowest BCUT2D eigenvalue weighted by atomic mass is 9.99. The molecule has 0 amide bonds. The van der Waals surface area contributed by atoms with E-state index in [0.29, 0.717) is 0 Å². The minimum atomic E-state index is -0.684. The van der Waals surface area contributed by atoms with Gasteiger partial charge in [0.1, 0.15) is 16.9 Å². The van der Waals surface area contributed by atoms with Crippen molar-refractivity contribution >= 4 is 11.3 Å². The van der Waals surface area contributed by atoms with E-state index in [1.165, 1.54) is 16.9 Å². The molecule has 3 rings (SSSR count). The van der Waals surface area contributed by atoms with Crippen LogP contribution in [0.5, 0.6) is 5.75 Å². The van der Waals surface area contributed by atoms with E-state index in [-0.39, 0.29) is 0 Å². The van der Waals surface area contributed by atoms with Crippen LogP contribution in [-0.4, -0.2) is 16.7 Å². The maximum absolute atomic E-state index is 10.4. The van der Waals surface area contributed by atoms with Crippen molar-refractivity contribution in [2.45, 2.75) is 25.9 Å². The number of nitrogens with zero attached hydrogens (tertiary/aromatic N) is 1. The fourth-order valence-electron chi connectivity index (χ4n) is 2.26. The molecule has 0 radical (unpaired) electrons. The van der Waals surface area contributed by atoms with Crippen LogP contribution in [0.15, 0.2) is 23.6 Å². The smallest absolute Gasteiger partial charge is 0.134 e. The van der Waals surface area contributed by atoms with Crippen LogP contribution in [0.25, 0.3) is 0 Å². The van der Waals surface area contributed by atoms with Crippen molar-refractivity contribution in [3.05, 3.63) is 45.4 Å². The zero-order valence-corrected chi connectivity index (χ0v) is 11.0. The summed E-state index contributed by atoms with van der Waals surface area (Å²) < 4.78 is 5.72. The summed E-state index contributed by atoms with van der Waals surface area (Å²) in [5, 5.41) is 13.1. The molecule has 0 spiro atoms. The van der Waals surface area contributed by atoms with E-state index in [1.807, 2.05) is 24.4 Å². The highest BCUT2D eigenvalue weighted by atomic mass is 32.1. The van der Waals surface area contributed by atoms with E-state index >= 15 is 0 Å². The third-order valence-electron chi connectivity index (χ3n) is 3.13. The van der Waals surface area contributed by atoms with Crippen molar-refractivity contribution in [2.75, 3.05) is 6.61 Å². The van der Waals surface area contributed by atoms with Crippen LogP contribution in [0.4, 0.5) is 0 Å². The van der Waals surface area contributed by atoms with Crippen molar-refractivity contribution in [1.82, 2.24) is 4.98 Å². The van der Waals surface area contributed by atoms with Gasteiger partial charge in [-0.05, 0) is 25.3 Å². The lowest BCUT2D eigenvalue weighted by Crippen LogP contribution is -2.12. The summed E-state index contributed by atoms with van der Waals surface area (Å²) in [6.45, 7) is 2.66. The molecule has 1 aliphatic heterocycles. The molecule has 1 aliphatic rings. The molecule has 2 heterocycles. The molecule has 2 aromatic rings. The monoisotopic (exact) mass is 261 g/mol. The standard InChI is InChI=1S/C14H15NO2S/c1-9-8-18-14(15-9)12(16)11-6-2-4-10-5-3-7-17-13(10)11/h2,4,6,8,12,16H,3,5,7H2,1H3. The lowest BCUT2D eigenvalue weighted by molar-refractivity contribution is 0.206. The van der Waals surface area contributed by atoms with Gasteiger partial charge in [0, 0.05) is 16.6 Å². The Morgan fingerprint density at radius 2 is 2.33 bits per heavy atom. The van der Waals surface area contributed by atoms with Crippen molar-refractivity contribution in [3.63, 3.8) is 0 Å². The van der Waals surface area contributed by atoms with E-state index in [0.717, 1.165) is 41.5 Å². The molecule has 1 atom stereocenters. The van der Waals surface area contributed by atoms with Crippen LogP contribution in [0.1, 0.15) is 34.4 Å². The van der Waals surface area contributed by atoms with Crippen molar-refractivity contribution in [1.29, 1.82) is 0 Å². The molecule has 3 nitrogen and oxygen atoms in total. The SMILES string of the molecule is Cc1csc(C(O)c2cccc3c2OCCC3)n1. The topological polar surface area (TPSA) is 42.4 Å². The summed E-state index contributed by atoms with van der Waals surface area (Å²) in [5.74, 6) is 0.851. The first-order valence-electron chi connectivity index (χ1n) is 6.10. The van der Waals surface area contributed by atoms with Crippen LogP contribution in [0.2, 0.25) is 0 Å². The van der Waals surface area contributed by atoms with Crippen LogP contribution in [0.3, 0.4) is 0 Å². The average Bonchev–Trinajstić information content (AvgIpc) is 2.84. The number of aromatic nitrogens is 1. The summed E-state index contributed by atoms with van der Waals surface area (Å²) in [6.07, 6.45) is 1.38. The molecule has 4 heteroatoms. The van der Waals surface area contributed by atoms with E-state index in [4.69, 9.17) is 4.74 Å². The number of hydrogen-bond donors (Lipinski definition) is 1. The van der Waals surface area contributed by atoms with E-state index in [9.17, 15) is 5.11 Å². The lowest BCUT2D eigenvalue weighted by Gasteiger charge is -2.22. The second kappa shape index (κ2) is 4.71. The number of benzene rings is 1. The molecule has 0 saturated carbocycles. The van der Waals surface area contributed by atoms with Gasteiger partial charge in [-0.25, -0.2) is 4.98 Å². The molecule has 18 heavy (non-hydrogen) atoms. The maximum atomic E-state index is 10.4. The molecule has 0 aliphatic carbocycles. The third kappa shape index (κ3) is 2.02. The number of aliphatic hydroxyl groups is 1. The molecule has 1 unspecified atom stereocenters. The quantitative estimate of drug-likeness (QED) is 0.904. The summed E-state index contributed by atoms with van der Waals surface area (Å²) >= 11 is 1.49. The maximum Gasteiger partial charge on any atom is 0.134 e. The number of para-hydroxylation sites is 1. The normalized spacial score (nSPS) is 15.9. The largest absolute Gasteiger partial charge is 0.493 e. The number of thiazole rings is 1. The number of hydrogen-bond acceptors (Lipinski definition) is 4. The van der Waals surface area contributed by atoms with Gasteiger partial charge in [0.2, 0.25) is 0 Å². The molecule has 94 valence electrons. The molecule has 0 fully saturated rings. The van der Waals surface area contributed by atoms with Gasteiger partial charge in [-0.15, -0.1) is 11.3 Å². The minimum absolute atomic E-state index is 0.684. The van der Waals surface area contributed by atoms with Gasteiger partial charge < -0.3 is 9.84 Å². The Morgan fingerprint density at radius 3 is 3.11 bits per heavy atom. The predicted octanol–water partition coefficient (Wildman–Crippen LogP) is 2.86. The van der Waals surface area contributed by atoms with E-state index in [1.54, 1.807) is 0 Å². The number of fused-ring (bicyclic) bond motifs is 1. The van der Waals surface area contributed by atoms with Gasteiger partial charge >= 0.3 is 0 Å². The van der Waals surface area contributed by atoms with Crippen molar-refractivity contribution < 1.29 is 9.84 Å². The second-order valence-corrected chi connectivity index (χ2v) is 5.41. The fourth-order valence-corrected chi connectivity index (χ4v) is 3.06. The molecule has 1 aromatic carbocycles. The van der Waals surface area contributed by atoms with Crippen LogP contribution in [0, 0.1) is 6.92 Å². The molecular weight excluding hydrogens is 246 g/mol. The Labute approximate surface area is 110 Å². The number of aliphatic hydroxyl groups excluding tert-OH is 1. The van der Waals surface area contributed by atoms with Gasteiger partial charge in [0.25, 0.3) is 0 Å².